The number of allylic oxidation sites excluding steroid dienone is 1. The number of carbonyl (C=O) groups excluding carboxylic acids is 2. The van der Waals surface area contributed by atoms with E-state index < -0.39 is 17.9 Å². The zero-order valence-electron chi connectivity index (χ0n) is 7.43. The molecule has 0 aromatic carbocycles. The third-order valence-corrected chi connectivity index (χ3v) is 1.15. The van der Waals surface area contributed by atoms with E-state index in [1.165, 1.54) is 6.08 Å². The average Bonchev–Trinajstić information content (AvgIpc) is 2.12. The van der Waals surface area contributed by atoms with Crippen LogP contribution in [0.25, 0.3) is 0 Å². The van der Waals surface area contributed by atoms with E-state index in [2.05, 4.69) is 11.3 Å². The van der Waals surface area contributed by atoms with Gasteiger partial charge in [0.2, 0.25) is 0 Å². The first-order valence-electron chi connectivity index (χ1n) is 3.82. The largest absolute Gasteiger partial charge is 0.481 e. The van der Waals surface area contributed by atoms with Gasteiger partial charge in [-0.1, -0.05) is 12.7 Å². The van der Waals surface area contributed by atoms with Gasteiger partial charge in [0.15, 0.2) is 0 Å². The van der Waals surface area contributed by atoms with Gasteiger partial charge in [-0.3, -0.25) is 4.79 Å². The Balaban J connectivity index is 3.76. The van der Waals surface area contributed by atoms with Crippen molar-refractivity contribution < 1.29 is 24.2 Å². The standard InChI is InChI=1S/C9H10O5/c1-2-8(12)14-9(13)6-4-3-5-7(10)11/h2,4,6H,1,3,5H2,(H,10,11). The van der Waals surface area contributed by atoms with Crippen LogP contribution in [0.2, 0.25) is 0 Å². The van der Waals surface area contributed by atoms with E-state index in [9.17, 15) is 14.4 Å². The maximum atomic E-state index is 10.7. The highest BCUT2D eigenvalue weighted by molar-refractivity contribution is 5.96. The smallest absolute Gasteiger partial charge is 0.338 e. The molecule has 0 heterocycles. The van der Waals surface area contributed by atoms with Gasteiger partial charge in [-0.2, -0.15) is 0 Å². The van der Waals surface area contributed by atoms with Gasteiger partial charge in [-0.15, -0.1) is 0 Å². The van der Waals surface area contributed by atoms with Crippen LogP contribution in [0.15, 0.2) is 24.8 Å². The fourth-order valence-corrected chi connectivity index (χ4v) is 0.561. The Labute approximate surface area is 80.7 Å². The third kappa shape index (κ3) is 6.78. The summed E-state index contributed by atoms with van der Waals surface area (Å²) in [7, 11) is 0. The van der Waals surface area contributed by atoms with Crippen molar-refractivity contribution >= 4 is 17.9 Å². The molecule has 0 unspecified atom stereocenters. The van der Waals surface area contributed by atoms with Crippen molar-refractivity contribution in [2.24, 2.45) is 0 Å². The van der Waals surface area contributed by atoms with E-state index in [1.807, 2.05) is 0 Å². The quantitative estimate of drug-likeness (QED) is 0.398. The molecule has 0 aromatic heterocycles. The summed E-state index contributed by atoms with van der Waals surface area (Å²) in [5, 5.41) is 8.24. The predicted molar refractivity (Wildman–Crippen MR) is 47.3 cm³/mol. The summed E-state index contributed by atoms with van der Waals surface area (Å²) in [5.41, 5.74) is 0. The first kappa shape index (κ1) is 12.1. The number of rotatable bonds is 5. The van der Waals surface area contributed by atoms with Crippen molar-refractivity contribution in [2.75, 3.05) is 0 Å². The lowest BCUT2D eigenvalue weighted by Crippen LogP contribution is -2.06. The van der Waals surface area contributed by atoms with Crippen LogP contribution in [0.3, 0.4) is 0 Å². The molecule has 0 fully saturated rings. The molecule has 5 nitrogen and oxygen atoms in total. The predicted octanol–water partition coefficient (Wildman–Crippen LogP) is 0.663. The number of carboxylic acids is 1. The normalized spacial score (nSPS) is 9.71. The molecule has 0 bridgehead atoms. The number of ether oxygens (including phenoxy) is 1. The van der Waals surface area contributed by atoms with Gasteiger partial charge in [0.25, 0.3) is 0 Å². The Morgan fingerprint density at radius 1 is 1.29 bits per heavy atom. The Hall–Kier alpha value is -1.91. The number of carboxylic acid groups (broad SMARTS) is 1. The zero-order valence-corrected chi connectivity index (χ0v) is 7.43. The van der Waals surface area contributed by atoms with Crippen molar-refractivity contribution in [3.8, 4) is 0 Å². The zero-order chi connectivity index (χ0) is 11.0. The number of hydrogen-bond donors (Lipinski definition) is 1. The van der Waals surface area contributed by atoms with Crippen molar-refractivity contribution in [3.05, 3.63) is 24.8 Å². The second-order valence-electron chi connectivity index (χ2n) is 2.28. The molecule has 0 rings (SSSR count). The lowest BCUT2D eigenvalue weighted by atomic mass is 10.3. The highest BCUT2D eigenvalue weighted by atomic mass is 16.6. The molecule has 0 atom stereocenters. The molecule has 76 valence electrons. The molecule has 1 N–H and O–H groups in total. The molecule has 0 saturated heterocycles. The first-order valence-corrected chi connectivity index (χ1v) is 3.82. The topological polar surface area (TPSA) is 80.7 Å². The molecule has 0 aliphatic carbocycles. The van der Waals surface area contributed by atoms with E-state index in [4.69, 9.17) is 5.11 Å². The SMILES string of the molecule is C=CC(=O)OC(=O)C=CCCC(=O)O. The van der Waals surface area contributed by atoms with E-state index >= 15 is 0 Å². The van der Waals surface area contributed by atoms with E-state index in [0.29, 0.717) is 0 Å². The fourth-order valence-electron chi connectivity index (χ4n) is 0.561. The Morgan fingerprint density at radius 3 is 2.43 bits per heavy atom. The molecular formula is C9H10O5. The highest BCUT2D eigenvalue weighted by Crippen LogP contribution is 1.92. The third-order valence-electron chi connectivity index (χ3n) is 1.15. The lowest BCUT2D eigenvalue weighted by Gasteiger charge is -1.92. The van der Waals surface area contributed by atoms with Crippen LogP contribution in [0.4, 0.5) is 0 Å². The second kappa shape index (κ2) is 6.59. The van der Waals surface area contributed by atoms with Gasteiger partial charge < -0.3 is 9.84 Å². The summed E-state index contributed by atoms with van der Waals surface area (Å²) in [6.07, 6.45) is 3.34. The maximum Gasteiger partial charge on any atom is 0.338 e. The van der Waals surface area contributed by atoms with Crippen molar-refractivity contribution in [3.63, 3.8) is 0 Å². The Morgan fingerprint density at radius 2 is 1.93 bits per heavy atom. The lowest BCUT2D eigenvalue weighted by molar-refractivity contribution is -0.152. The van der Waals surface area contributed by atoms with Crippen LogP contribution >= 0.6 is 0 Å². The molecular weight excluding hydrogens is 188 g/mol. The first-order chi connectivity index (χ1) is 6.56. The van der Waals surface area contributed by atoms with E-state index in [-0.39, 0.29) is 12.8 Å². The minimum Gasteiger partial charge on any atom is -0.481 e. The number of hydrogen-bond acceptors (Lipinski definition) is 4. The van der Waals surface area contributed by atoms with E-state index in [0.717, 1.165) is 12.2 Å². The van der Waals surface area contributed by atoms with Gasteiger partial charge in [0.1, 0.15) is 0 Å². The summed E-state index contributed by atoms with van der Waals surface area (Å²) >= 11 is 0. The van der Waals surface area contributed by atoms with Crippen molar-refractivity contribution in [1.29, 1.82) is 0 Å². The van der Waals surface area contributed by atoms with Crippen LogP contribution in [-0.4, -0.2) is 23.0 Å². The van der Waals surface area contributed by atoms with Gasteiger partial charge in [0.05, 0.1) is 0 Å². The van der Waals surface area contributed by atoms with Crippen LogP contribution in [0.1, 0.15) is 12.8 Å². The minimum absolute atomic E-state index is 0.0703. The maximum absolute atomic E-state index is 10.7. The van der Waals surface area contributed by atoms with Gasteiger partial charge in [-0.25, -0.2) is 9.59 Å². The van der Waals surface area contributed by atoms with Gasteiger partial charge >= 0.3 is 17.9 Å². The molecule has 14 heavy (non-hydrogen) atoms. The van der Waals surface area contributed by atoms with Gasteiger partial charge in [-0.05, 0) is 6.42 Å². The molecule has 0 aliphatic heterocycles. The average molecular weight is 198 g/mol. The van der Waals surface area contributed by atoms with Crippen LogP contribution < -0.4 is 0 Å². The molecule has 0 radical (unpaired) electrons. The highest BCUT2D eigenvalue weighted by Gasteiger charge is 2.01. The minimum atomic E-state index is -0.954. The van der Waals surface area contributed by atoms with E-state index in [1.54, 1.807) is 0 Å². The molecule has 5 heteroatoms. The number of carbonyl (C=O) groups is 3. The molecule has 0 aliphatic rings. The second-order valence-corrected chi connectivity index (χ2v) is 2.28. The van der Waals surface area contributed by atoms with Crippen molar-refractivity contribution in [1.82, 2.24) is 0 Å². The van der Waals surface area contributed by atoms with Crippen LogP contribution in [-0.2, 0) is 19.1 Å². The summed E-state index contributed by atoms with van der Waals surface area (Å²) in [6, 6.07) is 0. The van der Waals surface area contributed by atoms with Crippen LogP contribution in [0.5, 0.6) is 0 Å². The summed E-state index contributed by atoms with van der Waals surface area (Å²) in [6.45, 7) is 3.10. The molecule has 0 amide bonds. The van der Waals surface area contributed by atoms with Crippen molar-refractivity contribution in [2.45, 2.75) is 12.8 Å². The number of esters is 2. The number of aliphatic carboxylic acids is 1. The molecule has 0 spiro atoms. The summed E-state index contributed by atoms with van der Waals surface area (Å²) in [4.78, 5) is 31.3. The Bertz CT molecular complexity index is 277. The molecule has 0 saturated carbocycles. The Kier molecular flexibility index (Phi) is 5.69. The molecule has 0 aromatic rings. The summed E-state index contributed by atoms with van der Waals surface area (Å²) < 4.78 is 4.18. The monoisotopic (exact) mass is 198 g/mol. The fraction of sp³-hybridized carbons (Fsp3) is 0.222. The van der Waals surface area contributed by atoms with Crippen LogP contribution in [0, 0.1) is 0 Å². The van der Waals surface area contributed by atoms with Gasteiger partial charge in [0, 0.05) is 18.6 Å². The summed E-state index contributed by atoms with van der Waals surface area (Å²) in [5.74, 6) is -2.62.